The molecule has 0 radical (unpaired) electrons. The monoisotopic (exact) mass is 591 g/mol. The van der Waals surface area contributed by atoms with Gasteiger partial charge < -0.3 is 14.5 Å². The maximum absolute atomic E-state index is 13.2. The average molecular weight is 593 g/mol. The van der Waals surface area contributed by atoms with Gasteiger partial charge in [-0.2, -0.15) is 5.10 Å². The van der Waals surface area contributed by atoms with Gasteiger partial charge in [-0.15, -0.1) is 0 Å². The number of nitrogens with zero attached hydrogens (tertiary/aromatic N) is 1. The van der Waals surface area contributed by atoms with Gasteiger partial charge in [0.1, 0.15) is 5.69 Å². The lowest BCUT2D eigenvalue weighted by atomic mass is 10.0. The van der Waals surface area contributed by atoms with Gasteiger partial charge >= 0.3 is 5.97 Å². The second kappa shape index (κ2) is 11.8. The fraction of sp³-hybridized carbons (Fsp3) is 0.0333. The SMILES string of the molecule is COc1cc(C=NNC(=O)c2[nH]c3c(Cl)cccc3c2-c2ccccc2Cl)ccc1OC(=O)c1ccccc1Cl. The van der Waals surface area contributed by atoms with E-state index in [1.54, 1.807) is 54.6 Å². The molecule has 0 bridgehead atoms. The second-order valence-electron chi connectivity index (χ2n) is 8.50. The molecular formula is C30H20Cl3N3O4. The van der Waals surface area contributed by atoms with Crippen molar-refractivity contribution in [2.24, 2.45) is 5.10 Å². The van der Waals surface area contributed by atoms with Gasteiger partial charge in [-0.3, -0.25) is 4.79 Å². The number of para-hydroxylation sites is 1. The Bertz CT molecular complexity index is 1780. The van der Waals surface area contributed by atoms with E-state index in [2.05, 4.69) is 15.5 Å². The third-order valence-electron chi connectivity index (χ3n) is 6.02. The highest BCUT2D eigenvalue weighted by Crippen LogP contribution is 2.38. The van der Waals surface area contributed by atoms with Gasteiger partial charge in [-0.05, 0) is 48.0 Å². The smallest absolute Gasteiger partial charge is 0.345 e. The number of hydrogen-bond donors (Lipinski definition) is 2. The molecule has 0 spiro atoms. The van der Waals surface area contributed by atoms with Crippen LogP contribution < -0.4 is 14.9 Å². The summed E-state index contributed by atoms with van der Waals surface area (Å²) < 4.78 is 10.9. The third-order valence-corrected chi connectivity index (χ3v) is 6.99. The van der Waals surface area contributed by atoms with E-state index in [1.807, 2.05) is 30.3 Å². The van der Waals surface area contributed by atoms with E-state index in [0.717, 1.165) is 5.39 Å². The van der Waals surface area contributed by atoms with Crippen molar-refractivity contribution in [2.45, 2.75) is 0 Å². The maximum atomic E-state index is 13.2. The molecule has 4 aromatic carbocycles. The fourth-order valence-electron chi connectivity index (χ4n) is 4.15. The van der Waals surface area contributed by atoms with Gasteiger partial charge in [0.05, 0.1) is 34.4 Å². The zero-order chi connectivity index (χ0) is 28.2. The van der Waals surface area contributed by atoms with Crippen LogP contribution >= 0.6 is 34.8 Å². The molecule has 40 heavy (non-hydrogen) atoms. The van der Waals surface area contributed by atoms with Crippen LogP contribution in [0.25, 0.3) is 22.0 Å². The predicted molar refractivity (Wildman–Crippen MR) is 158 cm³/mol. The molecule has 0 saturated heterocycles. The summed E-state index contributed by atoms with van der Waals surface area (Å²) in [4.78, 5) is 28.9. The first-order valence-electron chi connectivity index (χ1n) is 11.9. The van der Waals surface area contributed by atoms with E-state index in [0.29, 0.717) is 38.0 Å². The predicted octanol–water partition coefficient (Wildman–Crippen LogP) is 7.79. The molecule has 0 fully saturated rings. The number of ether oxygens (including phenoxy) is 2. The fourth-order valence-corrected chi connectivity index (χ4v) is 4.81. The highest BCUT2D eigenvalue weighted by atomic mass is 35.5. The van der Waals surface area contributed by atoms with Crippen molar-refractivity contribution in [3.8, 4) is 22.6 Å². The molecule has 0 atom stereocenters. The number of carbonyl (C=O) groups is 2. The number of rotatable bonds is 7. The van der Waals surface area contributed by atoms with Gasteiger partial charge in [0, 0.05) is 21.5 Å². The Kier molecular flexibility index (Phi) is 8.07. The molecule has 5 aromatic rings. The summed E-state index contributed by atoms with van der Waals surface area (Å²) in [6, 6.07) is 24.1. The lowest BCUT2D eigenvalue weighted by Crippen LogP contribution is -2.19. The van der Waals surface area contributed by atoms with Crippen LogP contribution in [-0.2, 0) is 0 Å². The van der Waals surface area contributed by atoms with Crippen LogP contribution in [0, 0.1) is 0 Å². The first kappa shape index (κ1) is 27.3. The molecule has 1 amide bonds. The summed E-state index contributed by atoms with van der Waals surface area (Å²) in [5.41, 5.74) is 5.52. The second-order valence-corrected chi connectivity index (χ2v) is 9.72. The number of aromatic nitrogens is 1. The summed E-state index contributed by atoms with van der Waals surface area (Å²) in [6.45, 7) is 0. The zero-order valence-electron chi connectivity index (χ0n) is 20.9. The van der Waals surface area contributed by atoms with Crippen molar-refractivity contribution in [1.82, 2.24) is 10.4 Å². The number of amides is 1. The Morgan fingerprint density at radius 1 is 0.850 bits per heavy atom. The molecule has 1 aromatic heterocycles. The molecule has 2 N–H and O–H groups in total. The topological polar surface area (TPSA) is 92.8 Å². The van der Waals surface area contributed by atoms with Crippen molar-refractivity contribution in [3.63, 3.8) is 0 Å². The largest absolute Gasteiger partial charge is 0.493 e. The quantitative estimate of drug-likeness (QED) is 0.0873. The van der Waals surface area contributed by atoms with Gasteiger partial charge in [0.15, 0.2) is 11.5 Å². The van der Waals surface area contributed by atoms with Crippen molar-refractivity contribution in [2.75, 3.05) is 7.11 Å². The number of esters is 1. The van der Waals surface area contributed by atoms with Gasteiger partial charge in [-0.1, -0.05) is 77.3 Å². The molecule has 0 aliphatic rings. The summed E-state index contributed by atoms with van der Waals surface area (Å²) in [5, 5.41) is 6.09. The number of benzene rings is 4. The van der Waals surface area contributed by atoms with Gasteiger partial charge in [0.25, 0.3) is 5.91 Å². The molecule has 5 rings (SSSR count). The molecule has 7 nitrogen and oxygen atoms in total. The number of methoxy groups -OCH3 is 1. The number of halogens is 3. The number of hydrogen-bond acceptors (Lipinski definition) is 5. The first-order chi connectivity index (χ1) is 19.4. The Hall–Kier alpha value is -4.30. The van der Waals surface area contributed by atoms with Gasteiger partial charge in [-0.25, -0.2) is 10.2 Å². The highest BCUT2D eigenvalue weighted by Gasteiger charge is 2.22. The molecular weight excluding hydrogens is 573 g/mol. The van der Waals surface area contributed by atoms with Crippen LogP contribution in [0.4, 0.5) is 0 Å². The summed E-state index contributed by atoms with van der Waals surface area (Å²) in [5.74, 6) is -0.615. The Morgan fingerprint density at radius 2 is 1.57 bits per heavy atom. The molecule has 0 aliphatic carbocycles. The van der Waals surface area contributed by atoms with Crippen LogP contribution in [0.1, 0.15) is 26.4 Å². The molecule has 10 heteroatoms. The van der Waals surface area contributed by atoms with Crippen LogP contribution in [-0.4, -0.2) is 30.2 Å². The van der Waals surface area contributed by atoms with E-state index in [9.17, 15) is 9.59 Å². The molecule has 1 heterocycles. The minimum absolute atomic E-state index is 0.202. The molecule has 0 unspecified atom stereocenters. The molecule has 0 aliphatic heterocycles. The van der Waals surface area contributed by atoms with Crippen LogP contribution in [0.5, 0.6) is 11.5 Å². The Labute approximate surface area is 244 Å². The van der Waals surface area contributed by atoms with Crippen LogP contribution in [0.3, 0.4) is 0 Å². The lowest BCUT2D eigenvalue weighted by Gasteiger charge is -2.10. The summed E-state index contributed by atoms with van der Waals surface area (Å²) in [7, 11) is 1.45. The van der Waals surface area contributed by atoms with Gasteiger partial charge in [0.2, 0.25) is 0 Å². The lowest BCUT2D eigenvalue weighted by molar-refractivity contribution is 0.0729. The van der Waals surface area contributed by atoms with E-state index in [-0.39, 0.29) is 22.0 Å². The summed E-state index contributed by atoms with van der Waals surface area (Å²) >= 11 is 19.0. The van der Waals surface area contributed by atoms with Crippen LogP contribution in [0.2, 0.25) is 15.1 Å². The van der Waals surface area contributed by atoms with Crippen molar-refractivity contribution in [1.29, 1.82) is 0 Å². The number of aromatic amines is 1. The normalized spacial score (nSPS) is 11.1. The standard InChI is InChI=1S/C30H20Cl3N3O4/c1-39-25-15-17(13-14-24(25)40-30(38)19-8-3-5-11-22(19)32)16-34-36-29(37)28-26(18-7-2-4-10-21(18)31)20-9-6-12-23(33)27(20)35-28/h2-16,35H,1H3,(H,36,37). The molecule has 0 saturated carbocycles. The minimum Gasteiger partial charge on any atom is -0.493 e. The highest BCUT2D eigenvalue weighted by molar-refractivity contribution is 6.37. The number of fused-ring (bicyclic) bond motifs is 1. The van der Waals surface area contributed by atoms with Crippen molar-refractivity contribution < 1.29 is 19.1 Å². The van der Waals surface area contributed by atoms with E-state index < -0.39 is 11.9 Å². The van der Waals surface area contributed by atoms with Crippen molar-refractivity contribution in [3.05, 3.63) is 117 Å². The maximum Gasteiger partial charge on any atom is 0.345 e. The number of hydrazone groups is 1. The van der Waals surface area contributed by atoms with Crippen molar-refractivity contribution >= 4 is 63.8 Å². The van der Waals surface area contributed by atoms with E-state index >= 15 is 0 Å². The van der Waals surface area contributed by atoms with E-state index in [4.69, 9.17) is 44.3 Å². The van der Waals surface area contributed by atoms with E-state index in [1.165, 1.54) is 13.3 Å². The average Bonchev–Trinajstić information content (AvgIpc) is 3.35. The first-order valence-corrected chi connectivity index (χ1v) is 13.0. The Morgan fingerprint density at radius 3 is 2.33 bits per heavy atom. The number of carbonyl (C=O) groups excluding carboxylic acids is 2. The van der Waals surface area contributed by atoms with Crippen LogP contribution in [0.15, 0.2) is 90.0 Å². The Balaban J connectivity index is 1.38. The summed E-state index contributed by atoms with van der Waals surface area (Å²) in [6.07, 6.45) is 1.44. The number of H-pyrrole nitrogens is 1. The third kappa shape index (κ3) is 5.53. The minimum atomic E-state index is -0.620. The molecule has 200 valence electrons. The zero-order valence-corrected chi connectivity index (χ0v) is 23.1. The number of nitrogens with one attached hydrogen (secondary N) is 2.